The summed E-state index contributed by atoms with van der Waals surface area (Å²) in [7, 11) is 0. The van der Waals surface area contributed by atoms with Crippen molar-refractivity contribution in [3.8, 4) is 0 Å². The van der Waals surface area contributed by atoms with Gasteiger partial charge in [-0.1, -0.05) is 22.5 Å². The van der Waals surface area contributed by atoms with E-state index >= 15 is 0 Å². The smallest absolute Gasteiger partial charge is 0.325 e. The summed E-state index contributed by atoms with van der Waals surface area (Å²) in [4.78, 5) is 35.8. The number of imide groups is 1. The molecule has 4 amide bonds. The molecule has 0 atom stereocenters. The van der Waals surface area contributed by atoms with Gasteiger partial charge in [0, 0.05) is 24.0 Å². The molecule has 1 aliphatic heterocycles. The molecule has 18 heavy (non-hydrogen) atoms. The molecule has 1 saturated heterocycles. The minimum Gasteiger partial charge on any atom is -0.351 e. The van der Waals surface area contributed by atoms with Gasteiger partial charge in [-0.3, -0.25) is 14.5 Å². The highest BCUT2D eigenvalue weighted by molar-refractivity contribution is 9.11. The summed E-state index contributed by atoms with van der Waals surface area (Å²) < 4.78 is 0.659. The van der Waals surface area contributed by atoms with E-state index in [0.29, 0.717) is 11.0 Å². The van der Waals surface area contributed by atoms with Crippen LogP contribution in [-0.4, -0.2) is 41.4 Å². The van der Waals surface area contributed by atoms with Crippen molar-refractivity contribution in [1.29, 1.82) is 0 Å². The number of halogens is 1. The van der Waals surface area contributed by atoms with Gasteiger partial charge < -0.3 is 10.6 Å². The van der Waals surface area contributed by atoms with Crippen molar-refractivity contribution in [3.63, 3.8) is 0 Å². The molecule has 0 aromatic heterocycles. The molecule has 0 aromatic rings. The second-order valence-corrected chi connectivity index (χ2v) is 5.68. The van der Waals surface area contributed by atoms with E-state index < -0.39 is 11.6 Å². The maximum atomic E-state index is 11.8. The quantitative estimate of drug-likeness (QED) is 0.734. The standard InChI is InChI=1S/C11H16BrN3O3/c1-7(12)6-13-8(16)4-5-15-9(17)11(2,3)14-10(15)18/h1,4-6H2,2-3H3,(H,13,16)(H,14,18). The van der Waals surface area contributed by atoms with Crippen molar-refractivity contribution in [2.45, 2.75) is 25.8 Å². The van der Waals surface area contributed by atoms with E-state index in [1.165, 1.54) is 0 Å². The Labute approximate surface area is 114 Å². The molecule has 0 unspecified atom stereocenters. The number of nitrogens with zero attached hydrogens (tertiary/aromatic N) is 1. The lowest BCUT2D eigenvalue weighted by Gasteiger charge is -2.15. The molecule has 0 spiro atoms. The SMILES string of the molecule is C=C(Br)CNC(=O)CCN1C(=O)NC(C)(C)C1=O. The Hall–Kier alpha value is -1.37. The third kappa shape index (κ3) is 3.56. The molecule has 1 rings (SSSR count). The lowest BCUT2D eigenvalue weighted by atomic mass is 10.1. The van der Waals surface area contributed by atoms with E-state index in [1.807, 2.05) is 0 Å². The number of rotatable bonds is 5. The minimum absolute atomic E-state index is 0.0781. The average molecular weight is 318 g/mol. The molecule has 100 valence electrons. The highest BCUT2D eigenvalue weighted by Gasteiger charge is 2.43. The Morgan fingerprint density at radius 1 is 1.50 bits per heavy atom. The third-order valence-corrected chi connectivity index (χ3v) is 2.76. The van der Waals surface area contributed by atoms with Crippen molar-refractivity contribution in [2.24, 2.45) is 0 Å². The largest absolute Gasteiger partial charge is 0.351 e. The van der Waals surface area contributed by atoms with E-state index in [4.69, 9.17) is 0 Å². The fourth-order valence-electron chi connectivity index (χ4n) is 1.52. The molecule has 6 nitrogen and oxygen atoms in total. The third-order valence-electron chi connectivity index (χ3n) is 2.48. The first-order valence-corrected chi connectivity index (χ1v) is 6.27. The fourth-order valence-corrected chi connectivity index (χ4v) is 1.66. The van der Waals surface area contributed by atoms with Crippen LogP contribution in [0, 0.1) is 0 Å². The van der Waals surface area contributed by atoms with Crippen LogP contribution in [0.2, 0.25) is 0 Å². The predicted molar refractivity (Wildman–Crippen MR) is 70.0 cm³/mol. The van der Waals surface area contributed by atoms with E-state index in [-0.39, 0.29) is 24.8 Å². The predicted octanol–water partition coefficient (Wildman–Crippen LogP) is 0.732. The zero-order chi connectivity index (χ0) is 13.9. The highest BCUT2D eigenvalue weighted by Crippen LogP contribution is 2.16. The van der Waals surface area contributed by atoms with Crippen molar-refractivity contribution < 1.29 is 14.4 Å². The molecular weight excluding hydrogens is 302 g/mol. The van der Waals surface area contributed by atoms with Gasteiger partial charge in [0.05, 0.1) is 0 Å². The van der Waals surface area contributed by atoms with Crippen molar-refractivity contribution in [2.75, 3.05) is 13.1 Å². The number of nitrogens with one attached hydrogen (secondary N) is 2. The Balaban J connectivity index is 2.45. The molecule has 0 aromatic carbocycles. The lowest BCUT2D eigenvalue weighted by Crippen LogP contribution is -2.40. The van der Waals surface area contributed by atoms with Gasteiger partial charge >= 0.3 is 6.03 Å². The van der Waals surface area contributed by atoms with Crippen LogP contribution < -0.4 is 10.6 Å². The minimum atomic E-state index is -0.891. The van der Waals surface area contributed by atoms with Crippen LogP contribution in [0.1, 0.15) is 20.3 Å². The fraction of sp³-hybridized carbons (Fsp3) is 0.545. The van der Waals surface area contributed by atoms with Gasteiger partial charge in [-0.05, 0) is 13.8 Å². The van der Waals surface area contributed by atoms with Crippen molar-refractivity contribution >= 4 is 33.8 Å². The number of hydrogen-bond acceptors (Lipinski definition) is 3. The highest BCUT2D eigenvalue weighted by atomic mass is 79.9. The summed E-state index contributed by atoms with van der Waals surface area (Å²) >= 11 is 3.12. The van der Waals surface area contributed by atoms with Gasteiger partial charge in [0.25, 0.3) is 5.91 Å². The Morgan fingerprint density at radius 3 is 2.56 bits per heavy atom. The first-order valence-electron chi connectivity index (χ1n) is 5.48. The Morgan fingerprint density at radius 2 is 2.11 bits per heavy atom. The van der Waals surface area contributed by atoms with Gasteiger partial charge in [0.1, 0.15) is 5.54 Å². The normalized spacial score (nSPS) is 17.6. The molecular formula is C11H16BrN3O3. The number of carbonyl (C=O) groups is 3. The Bertz CT molecular complexity index is 406. The summed E-state index contributed by atoms with van der Waals surface area (Å²) in [6, 6.07) is -0.456. The second kappa shape index (κ2) is 5.51. The summed E-state index contributed by atoms with van der Waals surface area (Å²) in [6.45, 7) is 7.24. The van der Waals surface area contributed by atoms with Gasteiger partial charge in [-0.2, -0.15) is 0 Å². The van der Waals surface area contributed by atoms with Gasteiger partial charge in [-0.25, -0.2) is 4.79 Å². The maximum Gasteiger partial charge on any atom is 0.325 e. The topological polar surface area (TPSA) is 78.5 Å². The molecule has 7 heteroatoms. The number of amides is 4. The summed E-state index contributed by atoms with van der Waals surface area (Å²) in [6.07, 6.45) is 0.0789. The van der Waals surface area contributed by atoms with E-state index in [1.54, 1.807) is 13.8 Å². The molecule has 2 N–H and O–H groups in total. The number of carbonyl (C=O) groups excluding carboxylic acids is 3. The van der Waals surface area contributed by atoms with Crippen molar-refractivity contribution in [3.05, 3.63) is 11.1 Å². The second-order valence-electron chi connectivity index (χ2n) is 4.56. The van der Waals surface area contributed by atoms with Gasteiger partial charge in [0.15, 0.2) is 0 Å². The van der Waals surface area contributed by atoms with Gasteiger partial charge in [0.2, 0.25) is 5.91 Å². The molecule has 0 radical (unpaired) electrons. The molecule has 1 heterocycles. The van der Waals surface area contributed by atoms with E-state index in [9.17, 15) is 14.4 Å². The summed E-state index contributed by atoms with van der Waals surface area (Å²) in [5.41, 5.74) is -0.891. The molecule has 0 aliphatic carbocycles. The molecule has 0 saturated carbocycles. The van der Waals surface area contributed by atoms with Crippen LogP contribution in [0.15, 0.2) is 11.1 Å². The average Bonchev–Trinajstić information content (AvgIpc) is 2.43. The maximum absolute atomic E-state index is 11.8. The first-order chi connectivity index (χ1) is 8.24. The van der Waals surface area contributed by atoms with E-state index in [2.05, 4.69) is 33.1 Å². The van der Waals surface area contributed by atoms with Crippen LogP contribution in [0.4, 0.5) is 4.79 Å². The van der Waals surface area contributed by atoms with Crippen LogP contribution in [0.25, 0.3) is 0 Å². The van der Waals surface area contributed by atoms with Crippen LogP contribution in [-0.2, 0) is 9.59 Å². The molecule has 1 aliphatic rings. The molecule has 0 bridgehead atoms. The van der Waals surface area contributed by atoms with Crippen molar-refractivity contribution in [1.82, 2.24) is 15.5 Å². The zero-order valence-electron chi connectivity index (χ0n) is 10.4. The number of hydrogen-bond donors (Lipinski definition) is 2. The summed E-state index contributed by atoms with van der Waals surface area (Å²) in [5.74, 6) is -0.550. The van der Waals surface area contributed by atoms with Crippen LogP contribution >= 0.6 is 15.9 Å². The first kappa shape index (κ1) is 14.7. The zero-order valence-corrected chi connectivity index (χ0v) is 12.0. The lowest BCUT2D eigenvalue weighted by molar-refractivity contribution is -0.130. The van der Waals surface area contributed by atoms with Crippen LogP contribution in [0.3, 0.4) is 0 Å². The van der Waals surface area contributed by atoms with Crippen LogP contribution in [0.5, 0.6) is 0 Å². The number of urea groups is 1. The van der Waals surface area contributed by atoms with Gasteiger partial charge in [-0.15, -0.1) is 0 Å². The monoisotopic (exact) mass is 317 g/mol. The Kier molecular flexibility index (Phi) is 4.50. The van der Waals surface area contributed by atoms with E-state index in [0.717, 1.165) is 4.90 Å². The summed E-state index contributed by atoms with van der Waals surface area (Å²) in [5, 5.41) is 5.15. The molecule has 1 fully saturated rings.